The molecule has 0 saturated heterocycles. The van der Waals surface area contributed by atoms with Crippen LogP contribution in [0.3, 0.4) is 0 Å². The van der Waals surface area contributed by atoms with E-state index in [1.165, 1.54) is 0 Å². The van der Waals surface area contributed by atoms with Gasteiger partial charge in [0.25, 0.3) is 5.89 Å². The molecule has 0 aliphatic heterocycles. The number of halogens is 4. The number of alkyl halides is 3. The van der Waals surface area contributed by atoms with E-state index in [1.807, 2.05) is 24.3 Å². The molecule has 20 heavy (non-hydrogen) atoms. The smallest absolute Gasteiger partial charge is 0.337 e. The Balaban J connectivity index is 2.22. The number of hydrogen-bond donors (Lipinski definition) is 1. The lowest BCUT2D eigenvalue weighted by atomic mass is 10.0. The van der Waals surface area contributed by atoms with Crippen molar-refractivity contribution in [3.8, 4) is 0 Å². The summed E-state index contributed by atoms with van der Waals surface area (Å²) in [5.74, 6) is -0.492. The summed E-state index contributed by atoms with van der Waals surface area (Å²) in [7, 11) is 0. The molecule has 0 aliphatic carbocycles. The predicted molar refractivity (Wildman–Crippen MR) is 68.8 cm³/mol. The second kappa shape index (κ2) is 5.17. The average molecular weight is 350 g/mol. The van der Waals surface area contributed by atoms with Crippen LogP contribution in [-0.2, 0) is 12.0 Å². The van der Waals surface area contributed by atoms with E-state index >= 15 is 0 Å². The lowest BCUT2D eigenvalue weighted by Gasteiger charge is -2.22. The van der Waals surface area contributed by atoms with Crippen molar-refractivity contribution in [2.75, 3.05) is 0 Å². The third-order valence-corrected chi connectivity index (χ3v) is 3.25. The monoisotopic (exact) mass is 349 g/mol. The molecule has 0 spiro atoms. The van der Waals surface area contributed by atoms with Gasteiger partial charge < -0.3 is 10.3 Å². The molecule has 1 unspecified atom stereocenters. The second-order valence-electron chi connectivity index (χ2n) is 4.52. The molecule has 0 aliphatic rings. The van der Waals surface area contributed by atoms with Crippen LogP contribution in [0, 0.1) is 0 Å². The highest BCUT2D eigenvalue weighted by atomic mass is 79.9. The molecule has 0 amide bonds. The van der Waals surface area contributed by atoms with Crippen LogP contribution in [0.4, 0.5) is 13.2 Å². The Morgan fingerprint density at radius 1 is 1.35 bits per heavy atom. The molecule has 8 heteroatoms. The minimum atomic E-state index is -4.66. The van der Waals surface area contributed by atoms with Crippen LogP contribution in [0.2, 0.25) is 0 Å². The Kier molecular flexibility index (Phi) is 3.88. The maximum atomic E-state index is 12.7. The van der Waals surface area contributed by atoms with Gasteiger partial charge in [-0.25, -0.2) is 0 Å². The van der Waals surface area contributed by atoms with Gasteiger partial charge >= 0.3 is 6.18 Å². The van der Waals surface area contributed by atoms with Crippen LogP contribution in [-0.4, -0.2) is 16.3 Å². The van der Waals surface area contributed by atoms with Crippen molar-refractivity contribution >= 4 is 15.9 Å². The van der Waals surface area contributed by atoms with Gasteiger partial charge in [0.1, 0.15) is 0 Å². The van der Waals surface area contributed by atoms with Crippen LogP contribution in [0.25, 0.3) is 0 Å². The Bertz CT molecular complexity index is 610. The number of benzene rings is 1. The number of nitrogens with two attached hydrogens (primary N) is 1. The van der Waals surface area contributed by atoms with Crippen molar-refractivity contribution in [3.63, 3.8) is 0 Å². The van der Waals surface area contributed by atoms with E-state index < -0.39 is 17.6 Å². The average Bonchev–Trinajstić information content (AvgIpc) is 2.76. The van der Waals surface area contributed by atoms with Gasteiger partial charge in [-0.3, -0.25) is 0 Å². The van der Waals surface area contributed by atoms with E-state index in [-0.39, 0.29) is 12.2 Å². The molecule has 4 nitrogen and oxygen atoms in total. The van der Waals surface area contributed by atoms with Crippen LogP contribution in [0.5, 0.6) is 0 Å². The Labute approximate surface area is 121 Å². The number of nitrogens with zero attached hydrogens (tertiary/aromatic N) is 2. The molecule has 1 heterocycles. The van der Waals surface area contributed by atoms with Gasteiger partial charge in [0.2, 0.25) is 0 Å². The zero-order valence-corrected chi connectivity index (χ0v) is 12.0. The fourth-order valence-corrected chi connectivity index (χ4v) is 1.93. The van der Waals surface area contributed by atoms with Gasteiger partial charge in [0.05, 0.1) is 0 Å². The summed E-state index contributed by atoms with van der Waals surface area (Å²) in [5.41, 5.74) is 3.40. The SMILES string of the molecule is CC(N)(c1nc(Cc2cccc(Br)c2)no1)C(F)(F)F. The first-order valence-corrected chi connectivity index (χ1v) is 6.42. The predicted octanol–water partition coefficient (Wildman–Crippen LogP) is 3.16. The Morgan fingerprint density at radius 2 is 2.05 bits per heavy atom. The maximum Gasteiger partial charge on any atom is 0.415 e. The molecule has 0 fully saturated rings. The van der Waals surface area contributed by atoms with E-state index in [1.54, 1.807) is 0 Å². The molecule has 1 aromatic heterocycles. The molecular weight excluding hydrogens is 339 g/mol. The first-order chi connectivity index (χ1) is 9.20. The molecular formula is C12H11BrF3N3O. The highest BCUT2D eigenvalue weighted by molar-refractivity contribution is 9.10. The fourth-order valence-electron chi connectivity index (χ4n) is 1.49. The first kappa shape index (κ1) is 15.0. The molecule has 2 aromatic rings. The Morgan fingerprint density at radius 3 is 2.65 bits per heavy atom. The molecule has 0 saturated carbocycles. The molecule has 2 rings (SSSR count). The summed E-state index contributed by atoms with van der Waals surface area (Å²) in [4.78, 5) is 3.74. The molecule has 0 bridgehead atoms. The van der Waals surface area contributed by atoms with Crippen LogP contribution < -0.4 is 5.73 Å². The van der Waals surface area contributed by atoms with Crippen molar-refractivity contribution in [1.29, 1.82) is 0 Å². The van der Waals surface area contributed by atoms with Crippen LogP contribution >= 0.6 is 15.9 Å². The highest BCUT2D eigenvalue weighted by Gasteiger charge is 2.53. The molecule has 2 N–H and O–H groups in total. The van der Waals surface area contributed by atoms with E-state index in [9.17, 15) is 13.2 Å². The fraction of sp³-hybridized carbons (Fsp3) is 0.333. The molecule has 1 aromatic carbocycles. The first-order valence-electron chi connectivity index (χ1n) is 5.63. The van der Waals surface area contributed by atoms with Gasteiger partial charge in [-0.2, -0.15) is 18.2 Å². The Hall–Kier alpha value is -1.41. The van der Waals surface area contributed by atoms with Gasteiger partial charge in [-0.15, -0.1) is 0 Å². The number of rotatable bonds is 3. The van der Waals surface area contributed by atoms with E-state index in [2.05, 4.69) is 30.6 Å². The molecule has 0 radical (unpaired) electrons. The summed E-state index contributed by atoms with van der Waals surface area (Å²) < 4.78 is 43.7. The van der Waals surface area contributed by atoms with Crippen molar-refractivity contribution in [3.05, 3.63) is 46.0 Å². The lowest BCUT2D eigenvalue weighted by Crippen LogP contribution is -2.48. The summed E-state index contributed by atoms with van der Waals surface area (Å²) in [6.45, 7) is 0.795. The van der Waals surface area contributed by atoms with Crippen LogP contribution in [0.1, 0.15) is 24.2 Å². The number of aromatic nitrogens is 2. The third kappa shape index (κ3) is 3.01. The van der Waals surface area contributed by atoms with Crippen molar-refractivity contribution in [2.24, 2.45) is 5.73 Å². The van der Waals surface area contributed by atoms with Gasteiger partial charge in [0.15, 0.2) is 11.4 Å². The summed E-state index contributed by atoms with van der Waals surface area (Å²) in [6, 6.07) is 7.28. The lowest BCUT2D eigenvalue weighted by molar-refractivity contribution is -0.190. The summed E-state index contributed by atoms with van der Waals surface area (Å²) in [6.07, 6.45) is -4.40. The van der Waals surface area contributed by atoms with E-state index in [4.69, 9.17) is 5.73 Å². The second-order valence-corrected chi connectivity index (χ2v) is 5.44. The largest absolute Gasteiger partial charge is 0.415 e. The maximum absolute atomic E-state index is 12.7. The van der Waals surface area contributed by atoms with Crippen molar-refractivity contribution in [2.45, 2.75) is 25.1 Å². The van der Waals surface area contributed by atoms with Crippen LogP contribution in [0.15, 0.2) is 33.3 Å². The standard InChI is InChI=1S/C12H11BrF3N3O/c1-11(17,12(14,15)16)10-18-9(19-20-10)6-7-3-2-4-8(13)5-7/h2-5H,6,17H2,1H3. The molecule has 1 atom stereocenters. The van der Waals surface area contributed by atoms with E-state index in [0.717, 1.165) is 17.0 Å². The number of hydrogen-bond acceptors (Lipinski definition) is 4. The van der Waals surface area contributed by atoms with Gasteiger partial charge in [0, 0.05) is 10.9 Å². The van der Waals surface area contributed by atoms with Crippen molar-refractivity contribution < 1.29 is 17.7 Å². The highest BCUT2D eigenvalue weighted by Crippen LogP contribution is 2.35. The zero-order chi connectivity index (χ0) is 15.0. The summed E-state index contributed by atoms with van der Waals surface area (Å²) >= 11 is 3.31. The topological polar surface area (TPSA) is 64.9 Å². The summed E-state index contributed by atoms with van der Waals surface area (Å²) in [5, 5.41) is 3.54. The van der Waals surface area contributed by atoms with Crippen molar-refractivity contribution in [1.82, 2.24) is 10.1 Å². The molecule has 108 valence electrons. The minimum Gasteiger partial charge on any atom is -0.337 e. The normalized spacial score (nSPS) is 15.1. The third-order valence-electron chi connectivity index (χ3n) is 2.75. The van der Waals surface area contributed by atoms with Gasteiger partial charge in [-0.1, -0.05) is 33.2 Å². The minimum absolute atomic E-state index is 0.152. The van der Waals surface area contributed by atoms with Gasteiger partial charge in [-0.05, 0) is 24.6 Å². The quantitative estimate of drug-likeness (QED) is 0.924. The van der Waals surface area contributed by atoms with E-state index in [0.29, 0.717) is 0 Å². The zero-order valence-electron chi connectivity index (χ0n) is 10.4.